The standard InChI is InChI=1S/C40H38N10O2/c1-4-11-29(12-5-1)19-20-30-13-10-18-33(35-43-37(41-31-14-6-2-7-15-31)47-39(45-35)49-21-25-51-26-22-49)34(30)36-44-38(42-32-16-8-3-9-17-32)48-40(46-36)50-23-27-52-28-24-50/h1-20H,21-28H2,(H,41,43,45,47)(H,42,44,46,48). The first-order valence-electron chi connectivity index (χ1n) is 17.4. The summed E-state index contributed by atoms with van der Waals surface area (Å²) in [6, 6.07) is 36.1. The van der Waals surface area contributed by atoms with Crippen LogP contribution in [-0.2, 0) is 9.47 Å². The van der Waals surface area contributed by atoms with Gasteiger partial charge in [-0.3, -0.25) is 0 Å². The smallest absolute Gasteiger partial charge is 0.232 e. The largest absolute Gasteiger partial charge is 0.378 e. The fourth-order valence-corrected chi connectivity index (χ4v) is 6.08. The average molecular weight is 691 g/mol. The normalized spacial score (nSPS) is 14.8. The summed E-state index contributed by atoms with van der Waals surface area (Å²) in [5.74, 6) is 2.98. The van der Waals surface area contributed by atoms with Gasteiger partial charge in [0.25, 0.3) is 0 Å². The molecule has 2 saturated heterocycles. The number of ether oxygens (including phenoxy) is 2. The minimum absolute atomic E-state index is 0.432. The van der Waals surface area contributed by atoms with Crippen LogP contribution in [0, 0.1) is 0 Å². The van der Waals surface area contributed by atoms with E-state index in [4.69, 9.17) is 39.4 Å². The second-order valence-electron chi connectivity index (χ2n) is 12.3. The Balaban J connectivity index is 1.31. The third-order valence-electron chi connectivity index (χ3n) is 8.71. The fourth-order valence-electron chi connectivity index (χ4n) is 6.08. The molecule has 0 unspecified atom stereocenters. The second-order valence-corrected chi connectivity index (χ2v) is 12.3. The van der Waals surface area contributed by atoms with Gasteiger partial charge in [0.15, 0.2) is 11.6 Å². The van der Waals surface area contributed by atoms with Crippen LogP contribution < -0.4 is 20.4 Å². The van der Waals surface area contributed by atoms with E-state index in [2.05, 4.69) is 50.8 Å². The third kappa shape index (κ3) is 7.88. The van der Waals surface area contributed by atoms with E-state index in [0.29, 0.717) is 88.0 Å². The van der Waals surface area contributed by atoms with Gasteiger partial charge in [-0.2, -0.15) is 29.9 Å². The zero-order chi connectivity index (χ0) is 35.0. The van der Waals surface area contributed by atoms with Gasteiger partial charge in [0.1, 0.15) is 0 Å². The van der Waals surface area contributed by atoms with Crippen LogP contribution in [0.4, 0.5) is 35.2 Å². The molecule has 2 N–H and O–H groups in total. The zero-order valence-electron chi connectivity index (χ0n) is 28.6. The van der Waals surface area contributed by atoms with Crippen molar-refractivity contribution in [3.05, 3.63) is 120 Å². The molecule has 12 heteroatoms. The molecular formula is C40H38N10O2. The first-order chi connectivity index (χ1) is 25.7. The SMILES string of the molecule is C(=Cc1cccc(-c2nc(Nc3ccccc3)nc(N3CCOCC3)n2)c1-c1nc(Nc2ccccc2)nc(N2CCOCC2)n1)c1ccccc1. The number of benzene rings is 4. The Kier molecular flexibility index (Phi) is 9.98. The van der Waals surface area contributed by atoms with Crippen molar-refractivity contribution in [2.45, 2.75) is 0 Å². The van der Waals surface area contributed by atoms with Crippen molar-refractivity contribution in [2.24, 2.45) is 0 Å². The summed E-state index contributed by atoms with van der Waals surface area (Å²) in [6.45, 7) is 5.06. The number of hydrogen-bond acceptors (Lipinski definition) is 12. The number of aromatic nitrogens is 6. The van der Waals surface area contributed by atoms with Crippen LogP contribution in [0.15, 0.2) is 109 Å². The van der Waals surface area contributed by atoms with Gasteiger partial charge in [0.05, 0.1) is 26.4 Å². The van der Waals surface area contributed by atoms with Crippen LogP contribution in [0.1, 0.15) is 11.1 Å². The Morgan fingerprint density at radius 1 is 0.481 bits per heavy atom. The van der Waals surface area contributed by atoms with Gasteiger partial charge in [-0.25, -0.2) is 0 Å². The summed E-state index contributed by atoms with van der Waals surface area (Å²) < 4.78 is 11.3. The highest BCUT2D eigenvalue weighted by Crippen LogP contribution is 2.35. The lowest BCUT2D eigenvalue weighted by molar-refractivity contribution is 0.122. The van der Waals surface area contributed by atoms with E-state index >= 15 is 0 Å². The molecule has 260 valence electrons. The molecule has 4 aromatic carbocycles. The lowest BCUT2D eigenvalue weighted by atomic mass is 9.98. The highest BCUT2D eigenvalue weighted by Gasteiger charge is 2.24. The van der Waals surface area contributed by atoms with Crippen molar-refractivity contribution in [1.29, 1.82) is 0 Å². The van der Waals surface area contributed by atoms with Crippen molar-refractivity contribution in [3.63, 3.8) is 0 Å². The molecule has 2 fully saturated rings. The minimum atomic E-state index is 0.432. The molecule has 0 bridgehead atoms. The van der Waals surface area contributed by atoms with E-state index in [9.17, 15) is 0 Å². The van der Waals surface area contributed by atoms with Crippen LogP contribution in [0.5, 0.6) is 0 Å². The molecule has 0 atom stereocenters. The maximum Gasteiger partial charge on any atom is 0.232 e. The molecule has 0 radical (unpaired) electrons. The number of nitrogens with zero attached hydrogens (tertiary/aromatic N) is 8. The molecule has 4 heterocycles. The van der Waals surface area contributed by atoms with E-state index in [1.165, 1.54) is 0 Å². The van der Waals surface area contributed by atoms with E-state index in [0.717, 1.165) is 33.6 Å². The minimum Gasteiger partial charge on any atom is -0.378 e. The lowest BCUT2D eigenvalue weighted by Gasteiger charge is -2.27. The van der Waals surface area contributed by atoms with Gasteiger partial charge in [0.2, 0.25) is 23.8 Å². The van der Waals surface area contributed by atoms with Gasteiger partial charge in [0, 0.05) is 48.7 Å². The lowest BCUT2D eigenvalue weighted by Crippen LogP contribution is -2.37. The Bertz CT molecular complexity index is 2120. The van der Waals surface area contributed by atoms with Crippen molar-refractivity contribution in [3.8, 4) is 22.8 Å². The molecule has 0 amide bonds. The average Bonchev–Trinajstić information content (AvgIpc) is 3.21. The van der Waals surface area contributed by atoms with Gasteiger partial charge in [-0.1, -0.05) is 97.1 Å². The van der Waals surface area contributed by atoms with E-state index < -0.39 is 0 Å². The van der Waals surface area contributed by atoms with Crippen molar-refractivity contribution < 1.29 is 9.47 Å². The maximum absolute atomic E-state index is 5.67. The molecule has 0 spiro atoms. The molecular weight excluding hydrogens is 653 g/mol. The summed E-state index contributed by atoms with van der Waals surface area (Å²) in [5.41, 5.74) is 5.24. The molecule has 2 aliphatic rings. The van der Waals surface area contributed by atoms with E-state index in [1.54, 1.807) is 0 Å². The first kappa shape index (κ1) is 32.9. The summed E-state index contributed by atoms with van der Waals surface area (Å²) in [4.78, 5) is 34.3. The van der Waals surface area contributed by atoms with Crippen LogP contribution in [0.3, 0.4) is 0 Å². The number of nitrogens with one attached hydrogen (secondary N) is 2. The molecule has 12 nitrogen and oxygen atoms in total. The number of rotatable bonds is 10. The number of morpholine rings is 2. The first-order valence-corrected chi connectivity index (χ1v) is 17.4. The molecule has 2 aliphatic heterocycles. The van der Waals surface area contributed by atoms with E-state index in [-0.39, 0.29) is 0 Å². The Morgan fingerprint density at radius 3 is 1.54 bits per heavy atom. The molecule has 6 aromatic rings. The third-order valence-corrected chi connectivity index (χ3v) is 8.71. The summed E-state index contributed by atoms with van der Waals surface area (Å²) >= 11 is 0. The van der Waals surface area contributed by atoms with Gasteiger partial charge >= 0.3 is 0 Å². The Morgan fingerprint density at radius 2 is 0.981 bits per heavy atom. The molecule has 0 aliphatic carbocycles. The molecule has 8 rings (SSSR count). The number of para-hydroxylation sites is 2. The predicted molar refractivity (Wildman–Crippen MR) is 205 cm³/mol. The quantitative estimate of drug-likeness (QED) is 0.148. The van der Waals surface area contributed by atoms with Crippen molar-refractivity contribution in [1.82, 2.24) is 29.9 Å². The fraction of sp³-hybridized carbons (Fsp3) is 0.200. The highest BCUT2D eigenvalue weighted by atomic mass is 16.5. The summed E-state index contributed by atoms with van der Waals surface area (Å²) in [5, 5.41) is 6.81. The second kappa shape index (κ2) is 15.8. The van der Waals surface area contributed by atoms with E-state index in [1.807, 2.05) is 91.0 Å². The molecule has 2 aromatic heterocycles. The van der Waals surface area contributed by atoms with Crippen LogP contribution in [-0.4, -0.2) is 82.5 Å². The molecule has 0 saturated carbocycles. The van der Waals surface area contributed by atoms with Gasteiger partial charge in [-0.15, -0.1) is 0 Å². The molecule has 52 heavy (non-hydrogen) atoms. The van der Waals surface area contributed by atoms with Crippen LogP contribution in [0.2, 0.25) is 0 Å². The maximum atomic E-state index is 5.67. The van der Waals surface area contributed by atoms with Gasteiger partial charge < -0.3 is 29.9 Å². The highest BCUT2D eigenvalue weighted by molar-refractivity contribution is 5.88. The zero-order valence-corrected chi connectivity index (χ0v) is 28.6. The monoisotopic (exact) mass is 690 g/mol. The predicted octanol–water partition coefficient (Wildman–Crippen LogP) is 6.72. The van der Waals surface area contributed by atoms with Gasteiger partial charge in [-0.05, 0) is 35.4 Å². The topological polar surface area (TPSA) is 126 Å². The Labute approximate surface area is 302 Å². The summed E-state index contributed by atoms with van der Waals surface area (Å²) in [6.07, 6.45) is 4.18. The van der Waals surface area contributed by atoms with Crippen molar-refractivity contribution in [2.75, 3.05) is 73.0 Å². The van der Waals surface area contributed by atoms with Crippen LogP contribution in [0.25, 0.3) is 34.9 Å². The summed E-state index contributed by atoms with van der Waals surface area (Å²) in [7, 11) is 0. The number of anilines is 6. The Hall–Kier alpha value is -6.24. The van der Waals surface area contributed by atoms with Crippen LogP contribution >= 0.6 is 0 Å². The number of hydrogen-bond donors (Lipinski definition) is 2. The van der Waals surface area contributed by atoms with Crippen molar-refractivity contribution >= 4 is 47.3 Å².